The van der Waals surface area contributed by atoms with E-state index < -0.39 is 0 Å². The van der Waals surface area contributed by atoms with Crippen molar-refractivity contribution < 1.29 is 14.3 Å². The molecular weight excluding hydrogens is 254 g/mol. The number of carbonyl (C=O) groups excluding carboxylic acids is 1. The maximum absolute atomic E-state index is 11.2. The Kier molecular flexibility index (Phi) is 3.79. The molecule has 1 heterocycles. The second-order valence-electron chi connectivity index (χ2n) is 3.43. The summed E-state index contributed by atoms with van der Waals surface area (Å²) in [6.45, 7) is 0. The number of nitrogens with zero attached hydrogens (tertiary/aromatic N) is 1. The van der Waals surface area contributed by atoms with Crippen molar-refractivity contribution in [2.45, 2.75) is 0 Å². The molecule has 4 nitrogen and oxygen atoms in total. The zero-order valence-electron chi connectivity index (χ0n) is 9.59. The Hall–Kier alpha value is -2.07. The molecule has 2 rings (SSSR count). The van der Waals surface area contributed by atoms with Crippen molar-refractivity contribution in [3.8, 4) is 11.6 Å². The van der Waals surface area contributed by atoms with E-state index in [4.69, 9.17) is 16.3 Å². The summed E-state index contributed by atoms with van der Waals surface area (Å²) >= 11 is 5.72. The van der Waals surface area contributed by atoms with Crippen LogP contribution in [-0.4, -0.2) is 18.1 Å². The highest BCUT2D eigenvalue weighted by molar-refractivity contribution is 6.30. The minimum absolute atomic E-state index is 0.383. The normalized spacial score (nSPS) is 9.89. The van der Waals surface area contributed by atoms with Crippen molar-refractivity contribution in [1.29, 1.82) is 0 Å². The molecule has 0 spiro atoms. The van der Waals surface area contributed by atoms with Crippen molar-refractivity contribution in [2.75, 3.05) is 7.11 Å². The van der Waals surface area contributed by atoms with E-state index in [1.165, 1.54) is 13.3 Å². The van der Waals surface area contributed by atoms with Crippen LogP contribution in [-0.2, 0) is 4.74 Å². The quantitative estimate of drug-likeness (QED) is 0.797. The lowest BCUT2D eigenvalue weighted by Crippen LogP contribution is -2.00. The Morgan fingerprint density at radius 3 is 2.44 bits per heavy atom. The highest BCUT2D eigenvalue weighted by atomic mass is 35.5. The molecule has 0 atom stereocenters. The summed E-state index contributed by atoms with van der Waals surface area (Å²) in [7, 11) is 1.34. The van der Waals surface area contributed by atoms with Crippen molar-refractivity contribution in [1.82, 2.24) is 4.98 Å². The van der Waals surface area contributed by atoms with E-state index in [2.05, 4.69) is 9.72 Å². The summed E-state index contributed by atoms with van der Waals surface area (Å²) in [6.07, 6.45) is 1.50. The van der Waals surface area contributed by atoms with Crippen LogP contribution in [0.2, 0.25) is 5.02 Å². The van der Waals surface area contributed by atoms with Crippen LogP contribution in [0.15, 0.2) is 42.6 Å². The molecule has 0 unspecified atom stereocenters. The van der Waals surface area contributed by atoms with E-state index >= 15 is 0 Å². The first-order valence-corrected chi connectivity index (χ1v) is 5.54. The molecular formula is C13H10ClNO3. The van der Waals surface area contributed by atoms with Gasteiger partial charge in [-0.05, 0) is 30.3 Å². The minimum atomic E-state index is -0.383. The summed E-state index contributed by atoms with van der Waals surface area (Å²) in [6, 6.07) is 9.93. The Morgan fingerprint density at radius 2 is 1.89 bits per heavy atom. The van der Waals surface area contributed by atoms with E-state index in [9.17, 15) is 4.79 Å². The summed E-state index contributed by atoms with van der Waals surface area (Å²) in [4.78, 5) is 15.2. The third-order valence-electron chi connectivity index (χ3n) is 2.20. The van der Waals surface area contributed by atoms with Crippen molar-refractivity contribution >= 4 is 17.6 Å². The fourth-order valence-corrected chi connectivity index (χ4v) is 1.43. The summed E-state index contributed by atoms with van der Waals surface area (Å²) < 4.78 is 10.1. The molecule has 2 aromatic rings. The van der Waals surface area contributed by atoms with Gasteiger partial charge >= 0.3 is 5.97 Å². The number of hydrogen-bond donors (Lipinski definition) is 0. The van der Waals surface area contributed by atoms with Crippen molar-refractivity contribution in [2.24, 2.45) is 0 Å². The van der Waals surface area contributed by atoms with Gasteiger partial charge in [0.05, 0.1) is 17.7 Å². The maximum atomic E-state index is 11.2. The lowest BCUT2D eigenvalue weighted by Gasteiger charge is -2.05. The number of benzene rings is 1. The standard InChI is InChI=1S/C13H10ClNO3/c1-17-13(16)9-2-5-11(6-3-9)18-12-7-4-10(14)8-15-12/h2-8H,1H3. The molecule has 0 fully saturated rings. The van der Waals surface area contributed by atoms with Gasteiger partial charge in [-0.3, -0.25) is 0 Å². The lowest BCUT2D eigenvalue weighted by atomic mass is 10.2. The number of pyridine rings is 1. The van der Waals surface area contributed by atoms with Gasteiger partial charge in [-0.1, -0.05) is 11.6 Å². The molecule has 0 radical (unpaired) electrons. The SMILES string of the molecule is COC(=O)c1ccc(Oc2ccc(Cl)cn2)cc1. The predicted octanol–water partition coefficient (Wildman–Crippen LogP) is 3.31. The number of ether oxygens (including phenoxy) is 2. The van der Waals surface area contributed by atoms with E-state index in [0.29, 0.717) is 22.2 Å². The summed E-state index contributed by atoms with van der Waals surface area (Å²) in [5.41, 5.74) is 0.467. The molecule has 18 heavy (non-hydrogen) atoms. The van der Waals surface area contributed by atoms with Gasteiger partial charge in [-0.15, -0.1) is 0 Å². The van der Waals surface area contributed by atoms with Crippen molar-refractivity contribution in [3.05, 3.63) is 53.2 Å². The van der Waals surface area contributed by atoms with Gasteiger partial charge in [-0.25, -0.2) is 9.78 Å². The number of rotatable bonds is 3. The number of carbonyl (C=O) groups is 1. The van der Waals surface area contributed by atoms with E-state index in [0.717, 1.165) is 0 Å². The van der Waals surface area contributed by atoms with Crippen molar-refractivity contribution in [3.63, 3.8) is 0 Å². The number of methoxy groups -OCH3 is 1. The van der Waals surface area contributed by atoms with Crippen LogP contribution in [0.25, 0.3) is 0 Å². The zero-order valence-corrected chi connectivity index (χ0v) is 10.3. The number of halogens is 1. The van der Waals surface area contributed by atoms with Gasteiger partial charge < -0.3 is 9.47 Å². The molecule has 1 aromatic carbocycles. The predicted molar refractivity (Wildman–Crippen MR) is 67.1 cm³/mol. The van der Waals surface area contributed by atoms with Gasteiger partial charge in [-0.2, -0.15) is 0 Å². The van der Waals surface area contributed by atoms with Gasteiger partial charge in [0.2, 0.25) is 5.88 Å². The molecule has 1 aromatic heterocycles. The van der Waals surface area contributed by atoms with Gasteiger partial charge in [0.15, 0.2) is 0 Å². The number of aromatic nitrogens is 1. The first-order valence-electron chi connectivity index (χ1n) is 5.17. The van der Waals surface area contributed by atoms with Gasteiger partial charge in [0.25, 0.3) is 0 Å². The van der Waals surface area contributed by atoms with Crippen LogP contribution in [0.5, 0.6) is 11.6 Å². The molecule has 0 aliphatic carbocycles. The molecule has 92 valence electrons. The Labute approximate surface area is 109 Å². The van der Waals surface area contributed by atoms with Crippen LogP contribution in [0, 0.1) is 0 Å². The molecule has 0 saturated carbocycles. The molecule has 0 saturated heterocycles. The van der Waals surface area contributed by atoms with Crippen LogP contribution in [0.4, 0.5) is 0 Å². The average Bonchev–Trinajstić information content (AvgIpc) is 2.41. The van der Waals surface area contributed by atoms with Crippen LogP contribution >= 0.6 is 11.6 Å². The summed E-state index contributed by atoms with van der Waals surface area (Å²) in [5.74, 6) is 0.633. The average molecular weight is 264 g/mol. The highest BCUT2D eigenvalue weighted by Gasteiger charge is 2.05. The maximum Gasteiger partial charge on any atom is 0.337 e. The first-order chi connectivity index (χ1) is 8.69. The summed E-state index contributed by atoms with van der Waals surface area (Å²) in [5, 5.41) is 0.545. The molecule has 5 heteroatoms. The van der Waals surface area contributed by atoms with Crippen LogP contribution < -0.4 is 4.74 Å². The third-order valence-corrected chi connectivity index (χ3v) is 2.42. The Bertz CT molecular complexity index is 537. The molecule has 0 N–H and O–H groups in total. The van der Waals surface area contributed by atoms with Gasteiger partial charge in [0, 0.05) is 12.3 Å². The van der Waals surface area contributed by atoms with Crippen LogP contribution in [0.3, 0.4) is 0 Å². The van der Waals surface area contributed by atoms with E-state index in [1.54, 1.807) is 36.4 Å². The first kappa shape index (κ1) is 12.4. The van der Waals surface area contributed by atoms with Crippen LogP contribution in [0.1, 0.15) is 10.4 Å². The fraction of sp³-hybridized carbons (Fsp3) is 0.0769. The Balaban J connectivity index is 2.10. The highest BCUT2D eigenvalue weighted by Crippen LogP contribution is 2.21. The topological polar surface area (TPSA) is 48.4 Å². The molecule has 0 aliphatic rings. The number of esters is 1. The smallest absolute Gasteiger partial charge is 0.337 e. The van der Waals surface area contributed by atoms with E-state index in [-0.39, 0.29) is 5.97 Å². The van der Waals surface area contributed by atoms with Gasteiger partial charge in [0.1, 0.15) is 5.75 Å². The third kappa shape index (κ3) is 2.99. The second-order valence-corrected chi connectivity index (χ2v) is 3.87. The van der Waals surface area contributed by atoms with E-state index in [1.807, 2.05) is 0 Å². The minimum Gasteiger partial charge on any atom is -0.465 e. The lowest BCUT2D eigenvalue weighted by molar-refractivity contribution is 0.0600. The second kappa shape index (κ2) is 5.51. The fourth-order valence-electron chi connectivity index (χ4n) is 1.32. The number of hydrogen-bond acceptors (Lipinski definition) is 4. The monoisotopic (exact) mass is 263 g/mol. The molecule has 0 amide bonds. The molecule has 0 aliphatic heterocycles. The molecule has 0 bridgehead atoms. The zero-order chi connectivity index (χ0) is 13.0. The Morgan fingerprint density at radius 1 is 1.17 bits per heavy atom. The largest absolute Gasteiger partial charge is 0.465 e.